The molecule has 0 aliphatic carbocycles. The smallest absolute Gasteiger partial charge is 0.254 e. The summed E-state index contributed by atoms with van der Waals surface area (Å²) >= 11 is 0. The van der Waals surface area contributed by atoms with E-state index >= 15 is 0 Å². The van der Waals surface area contributed by atoms with Crippen molar-refractivity contribution in [3.8, 4) is 0 Å². The first-order chi connectivity index (χ1) is 10.9. The molecule has 1 N–H and O–H groups in total. The maximum absolute atomic E-state index is 12.7. The van der Waals surface area contributed by atoms with Crippen LogP contribution in [0.2, 0.25) is 0 Å². The Morgan fingerprint density at radius 2 is 2.00 bits per heavy atom. The van der Waals surface area contributed by atoms with Gasteiger partial charge in [-0.2, -0.15) is 4.31 Å². The molecule has 1 fully saturated rings. The van der Waals surface area contributed by atoms with Gasteiger partial charge in [-0.1, -0.05) is 19.9 Å². The fourth-order valence-corrected chi connectivity index (χ4v) is 4.32. The van der Waals surface area contributed by atoms with E-state index in [-0.39, 0.29) is 29.3 Å². The monoisotopic (exact) mass is 375 g/mol. The average molecular weight is 376 g/mol. The molecule has 1 aliphatic heterocycles. The number of amides is 1. The van der Waals surface area contributed by atoms with Crippen LogP contribution < -0.4 is 5.32 Å². The molecule has 0 aromatic heterocycles. The number of nitrogens with one attached hydrogen (secondary N) is 1. The first-order valence-electron chi connectivity index (χ1n) is 8.03. The Morgan fingerprint density at radius 1 is 1.33 bits per heavy atom. The highest BCUT2D eigenvalue weighted by Crippen LogP contribution is 2.19. The maximum atomic E-state index is 12.7. The molecule has 1 amide bonds. The van der Waals surface area contributed by atoms with Crippen molar-refractivity contribution < 1.29 is 13.2 Å². The van der Waals surface area contributed by atoms with Gasteiger partial charge in [-0.05, 0) is 25.1 Å². The molecule has 1 atom stereocenters. The molecule has 1 aromatic rings. The molecule has 2 rings (SSSR count). The van der Waals surface area contributed by atoms with Crippen LogP contribution in [0.4, 0.5) is 0 Å². The van der Waals surface area contributed by atoms with Gasteiger partial charge in [0.2, 0.25) is 10.0 Å². The molecule has 1 aromatic carbocycles. The zero-order valence-corrected chi connectivity index (χ0v) is 16.0. The molecular weight excluding hydrogens is 350 g/mol. The van der Waals surface area contributed by atoms with Crippen LogP contribution >= 0.6 is 12.4 Å². The Hall–Kier alpha value is -1.15. The van der Waals surface area contributed by atoms with Gasteiger partial charge in [-0.15, -0.1) is 12.4 Å². The van der Waals surface area contributed by atoms with Crippen molar-refractivity contribution in [3.05, 3.63) is 29.8 Å². The third kappa shape index (κ3) is 4.27. The standard InChI is InChI=1S/C16H25N3O3S.ClH/c1-4-18(5-2)23(21,22)15-8-6-7-14(11-15)16(20)19-10-9-17-12-13(19)3;/h6-8,11,13,17H,4-5,9-10,12H2,1-3H3;1H/t13-;/m0./s1. The highest BCUT2D eigenvalue weighted by Gasteiger charge is 2.26. The van der Waals surface area contributed by atoms with Crippen molar-refractivity contribution in [3.63, 3.8) is 0 Å². The van der Waals surface area contributed by atoms with E-state index in [0.29, 0.717) is 25.2 Å². The van der Waals surface area contributed by atoms with Crippen molar-refractivity contribution in [2.45, 2.75) is 31.7 Å². The number of hydrogen-bond donors (Lipinski definition) is 1. The van der Waals surface area contributed by atoms with Crippen LogP contribution in [0.15, 0.2) is 29.2 Å². The summed E-state index contributed by atoms with van der Waals surface area (Å²) in [4.78, 5) is 14.7. The van der Waals surface area contributed by atoms with Crippen LogP contribution in [0.25, 0.3) is 0 Å². The first kappa shape index (κ1) is 20.9. The third-order valence-electron chi connectivity index (χ3n) is 4.19. The molecule has 0 spiro atoms. The van der Waals surface area contributed by atoms with Crippen molar-refractivity contribution >= 4 is 28.3 Å². The summed E-state index contributed by atoms with van der Waals surface area (Å²) in [6.45, 7) is 8.55. The minimum atomic E-state index is -3.55. The van der Waals surface area contributed by atoms with Gasteiger partial charge in [0.05, 0.1) is 4.90 Å². The number of piperazine rings is 1. The number of hydrogen-bond acceptors (Lipinski definition) is 4. The van der Waals surface area contributed by atoms with Crippen molar-refractivity contribution in [2.24, 2.45) is 0 Å². The summed E-state index contributed by atoms with van der Waals surface area (Å²) in [7, 11) is -3.55. The lowest BCUT2D eigenvalue weighted by molar-refractivity contribution is 0.0655. The average Bonchev–Trinajstić information content (AvgIpc) is 2.55. The maximum Gasteiger partial charge on any atom is 0.254 e. The second-order valence-corrected chi connectivity index (χ2v) is 7.61. The summed E-state index contributed by atoms with van der Waals surface area (Å²) in [5, 5.41) is 3.24. The SMILES string of the molecule is CCN(CC)S(=O)(=O)c1cccc(C(=O)N2CCNC[C@@H]2C)c1.Cl. The molecule has 0 saturated carbocycles. The molecule has 1 saturated heterocycles. The number of nitrogens with zero attached hydrogens (tertiary/aromatic N) is 2. The molecule has 24 heavy (non-hydrogen) atoms. The van der Waals surface area contributed by atoms with Crippen LogP contribution in [0.5, 0.6) is 0 Å². The summed E-state index contributed by atoms with van der Waals surface area (Å²) in [6.07, 6.45) is 0. The Bertz CT molecular complexity index is 662. The van der Waals surface area contributed by atoms with E-state index in [1.54, 1.807) is 36.9 Å². The second-order valence-electron chi connectivity index (χ2n) is 5.67. The number of halogens is 1. The number of rotatable bonds is 5. The third-order valence-corrected chi connectivity index (χ3v) is 6.23. The van der Waals surface area contributed by atoms with Crippen LogP contribution in [-0.4, -0.2) is 62.3 Å². The Balaban J connectivity index is 0.00000288. The zero-order valence-electron chi connectivity index (χ0n) is 14.4. The normalized spacial score (nSPS) is 18.3. The number of sulfonamides is 1. The molecule has 0 radical (unpaired) electrons. The Kier molecular flexibility index (Phi) is 7.66. The largest absolute Gasteiger partial charge is 0.333 e. The van der Waals surface area contributed by atoms with Gasteiger partial charge in [0.25, 0.3) is 5.91 Å². The minimum absolute atomic E-state index is 0. The van der Waals surface area contributed by atoms with E-state index in [9.17, 15) is 13.2 Å². The Labute approximate surface area is 150 Å². The molecule has 1 heterocycles. The second kappa shape index (κ2) is 8.80. The summed E-state index contributed by atoms with van der Waals surface area (Å²) < 4.78 is 26.6. The molecule has 136 valence electrons. The highest BCUT2D eigenvalue weighted by molar-refractivity contribution is 7.89. The van der Waals surface area contributed by atoms with Gasteiger partial charge in [-0.25, -0.2) is 8.42 Å². The summed E-state index contributed by atoms with van der Waals surface area (Å²) in [5.74, 6) is -0.115. The van der Waals surface area contributed by atoms with Crippen molar-refractivity contribution in [2.75, 3.05) is 32.7 Å². The number of carbonyl (C=O) groups excluding carboxylic acids is 1. The fraction of sp³-hybridized carbons (Fsp3) is 0.562. The number of benzene rings is 1. The molecular formula is C16H26ClN3O3S. The molecule has 8 heteroatoms. The lowest BCUT2D eigenvalue weighted by Gasteiger charge is -2.34. The van der Waals surface area contributed by atoms with E-state index in [1.165, 1.54) is 10.4 Å². The van der Waals surface area contributed by atoms with Gasteiger partial charge in [0.1, 0.15) is 0 Å². The molecule has 0 unspecified atom stereocenters. The van der Waals surface area contributed by atoms with E-state index in [0.717, 1.165) is 13.1 Å². The fourth-order valence-electron chi connectivity index (χ4n) is 2.81. The highest BCUT2D eigenvalue weighted by atomic mass is 35.5. The summed E-state index contributed by atoms with van der Waals surface area (Å²) in [6, 6.07) is 6.45. The predicted octanol–water partition coefficient (Wildman–Crippen LogP) is 1.57. The predicted molar refractivity (Wildman–Crippen MR) is 97.2 cm³/mol. The van der Waals surface area contributed by atoms with E-state index in [1.807, 2.05) is 6.92 Å². The minimum Gasteiger partial charge on any atom is -0.333 e. The lowest BCUT2D eigenvalue weighted by Crippen LogP contribution is -2.52. The van der Waals surface area contributed by atoms with Crippen molar-refractivity contribution in [1.82, 2.24) is 14.5 Å². The van der Waals surface area contributed by atoms with Gasteiger partial charge in [-0.3, -0.25) is 4.79 Å². The molecule has 6 nitrogen and oxygen atoms in total. The zero-order chi connectivity index (χ0) is 17.0. The quantitative estimate of drug-likeness (QED) is 0.848. The molecule has 0 bridgehead atoms. The first-order valence-corrected chi connectivity index (χ1v) is 9.47. The number of carbonyl (C=O) groups is 1. The van der Waals surface area contributed by atoms with Crippen LogP contribution in [0.3, 0.4) is 0 Å². The van der Waals surface area contributed by atoms with E-state index in [4.69, 9.17) is 0 Å². The topological polar surface area (TPSA) is 69.7 Å². The van der Waals surface area contributed by atoms with Gasteiger partial charge < -0.3 is 10.2 Å². The van der Waals surface area contributed by atoms with E-state index in [2.05, 4.69) is 5.32 Å². The Morgan fingerprint density at radius 3 is 2.58 bits per heavy atom. The van der Waals surface area contributed by atoms with Crippen molar-refractivity contribution in [1.29, 1.82) is 0 Å². The van der Waals surface area contributed by atoms with Crippen LogP contribution in [-0.2, 0) is 10.0 Å². The lowest BCUT2D eigenvalue weighted by atomic mass is 10.1. The van der Waals surface area contributed by atoms with Gasteiger partial charge in [0, 0.05) is 44.3 Å². The van der Waals surface area contributed by atoms with Crippen LogP contribution in [0.1, 0.15) is 31.1 Å². The molecule has 1 aliphatic rings. The van der Waals surface area contributed by atoms with E-state index < -0.39 is 10.0 Å². The summed E-state index contributed by atoms with van der Waals surface area (Å²) in [5.41, 5.74) is 0.423. The van der Waals surface area contributed by atoms with Gasteiger partial charge >= 0.3 is 0 Å². The van der Waals surface area contributed by atoms with Gasteiger partial charge in [0.15, 0.2) is 0 Å². The van der Waals surface area contributed by atoms with Crippen LogP contribution in [0, 0.1) is 0 Å².